The molecule has 2 rings (SSSR count). The van der Waals surface area contributed by atoms with E-state index < -0.39 is 24.2 Å². The minimum Gasteiger partial charge on any atom is -0.493 e. The molecule has 0 unspecified atom stereocenters. The highest BCUT2D eigenvalue weighted by Gasteiger charge is 2.29. The van der Waals surface area contributed by atoms with Crippen molar-refractivity contribution < 1.29 is 28.8 Å². The Morgan fingerprint density at radius 3 is 2.33 bits per heavy atom. The number of carbonyl (C=O) groups is 1. The van der Waals surface area contributed by atoms with Gasteiger partial charge in [0.05, 0.1) is 26.4 Å². The van der Waals surface area contributed by atoms with Crippen molar-refractivity contribution in [1.82, 2.24) is 4.42 Å². The highest BCUT2D eigenvalue weighted by Crippen LogP contribution is 2.31. The summed E-state index contributed by atoms with van der Waals surface area (Å²) in [6.45, 7) is 5.34. The van der Waals surface area contributed by atoms with Gasteiger partial charge in [-0.3, -0.25) is 4.79 Å². The molecule has 0 aromatic heterocycles. The van der Waals surface area contributed by atoms with Crippen LogP contribution in [0.1, 0.15) is 37.8 Å². The number of methoxy groups -OCH3 is 3. The molecule has 0 saturated heterocycles. The summed E-state index contributed by atoms with van der Waals surface area (Å²) >= 11 is 6.30. The fourth-order valence-electron chi connectivity index (χ4n) is 4.39. The molecule has 39 heavy (non-hydrogen) atoms. The van der Waals surface area contributed by atoms with Crippen molar-refractivity contribution in [3.63, 3.8) is 0 Å². The second kappa shape index (κ2) is 17.4. The minimum atomic E-state index is -0.988. The number of hydrogen-bond donors (Lipinski definition) is 2. The zero-order valence-corrected chi connectivity index (χ0v) is 24.6. The highest BCUT2D eigenvalue weighted by molar-refractivity contribution is 6.21. The molecule has 0 saturated carbocycles. The van der Waals surface area contributed by atoms with E-state index in [9.17, 15) is 9.90 Å². The number of rotatable bonds is 18. The van der Waals surface area contributed by atoms with Gasteiger partial charge in [-0.2, -0.15) is 0 Å². The standard InChI is InChI=1S/C30H45ClN2O6/c1-21(2)24(16-23-12-13-27(37-4)28(18-23)39-15-9-14-36-3)19-25(32)26(34)20-33(31)30(35)29(38-5)17-22-10-7-6-8-11-22/h6-8,10-13,18,21,24-26,29,34H,9,14-17,19-20,32H2,1-5H3/t24-,25-,26-,29+/m0/s1. The van der Waals surface area contributed by atoms with E-state index in [0.717, 1.165) is 28.4 Å². The van der Waals surface area contributed by atoms with Gasteiger partial charge in [0, 0.05) is 51.5 Å². The molecular formula is C30H45ClN2O6. The van der Waals surface area contributed by atoms with Crippen LogP contribution < -0.4 is 15.2 Å². The Kier molecular flexibility index (Phi) is 14.6. The average Bonchev–Trinajstić information content (AvgIpc) is 2.93. The number of nitrogens with two attached hydrogens (primary N) is 1. The van der Waals surface area contributed by atoms with Gasteiger partial charge in [-0.25, -0.2) is 4.42 Å². The van der Waals surface area contributed by atoms with Crippen molar-refractivity contribution in [2.75, 3.05) is 41.1 Å². The summed E-state index contributed by atoms with van der Waals surface area (Å²) < 4.78 is 22.9. The van der Waals surface area contributed by atoms with E-state index in [-0.39, 0.29) is 12.5 Å². The van der Waals surface area contributed by atoms with E-state index >= 15 is 0 Å². The van der Waals surface area contributed by atoms with E-state index in [1.165, 1.54) is 7.11 Å². The molecule has 0 fully saturated rings. The molecular weight excluding hydrogens is 520 g/mol. The third-order valence-electron chi connectivity index (χ3n) is 6.90. The second-order valence-electron chi connectivity index (χ2n) is 10.2. The molecule has 0 spiro atoms. The first-order valence-corrected chi connectivity index (χ1v) is 13.8. The quantitative estimate of drug-likeness (QED) is 0.206. The normalized spacial score (nSPS) is 14.5. The number of hydrogen-bond acceptors (Lipinski definition) is 7. The summed E-state index contributed by atoms with van der Waals surface area (Å²) in [5, 5.41) is 10.8. The van der Waals surface area contributed by atoms with Crippen LogP contribution in [0.3, 0.4) is 0 Å². The van der Waals surface area contributed by atoms with Crippen LogP contribution in [-0.4, -0.2) is 74.8 Å². The van der Waals surface area contributed by atoms with Crippen LogP contribution in [0.15, 0.2) is 48.5 Å². The molecule has 0 radical (unpaired) electrons. The van der Waals surface area contributed by atoms with E-state index in [0.29, 0.717) is 43.5 Å². The van der Waals surface area contributed by atoms with Gasteiger partial charge >= 0.3 is 0 Å². The summed E-state index contributed by atoms with van der Waals surface area (Å²) in [6.07, 6.45) is 0.740. The van der Waals surface area contributed by atoms with Gasteiger partial charge in [-0.1, -0.05) is 50.2 Å². The largest absolute Gasteiger partial charge is 0.493 e. The maximum absolute atomic E-state index is 12.9. The van der Waals surface area contributed by atoms with Crippen LogP contribution in [0.5, 0.6) is 11.5 Å². The van der Waals surface area contributed by atoms with Crippen molar-refractivity contribution in [3.8, 4) is 11.5 Å². The molecule has 9 heteroatoms. The Morgan fingerprint density at radius 1 is 1.00 bits per heavy atom. The minimum absolute atomic E-state index is 0.0942. The van der Waals surface area contributed by atoms with Gasteiger partial charge in [-0.15, -0.1) is 0 Å². The number of aliphatic hydroxyl groups excluding tert-OH is 1. The molecule has 4 atom stereocenters. The molecule has 0 heterocycles. The summed E-state index contributed by atoms with van der Waals surface area (Å²) in [7, 11) is 4.76. The molecule has 218 valence electrons. The monoisotopic (exact) mass is 564 g/mol. The average molecular weight is 565 g/mol. The topological polar surface area (TPSA) is 103 Å². The van der Waals surface area contributed by atoms with E-state index in [4.69, 9.17) is 36.5 Å². The number of amides is 1. The van der Waals surface area contributed by atoms with E-state index in [1.54, 1.807) is 14.2 Å². The first-order chi connectivity index (χ1) is 18.7. The Hall–Kier alpha value is -2.36. The van der Waals surface area contributed by atoms with Crippen molar-refractivity contribution >= 4 is 17.7 Å². The number of ether oxygens (including phenoxy) is 4. The summed E-state index contributed by atoms with van der Waals surface area (Å²) in [6, 6.07) is 14.9. The molecule has 3 N–H and O–H groups in total. The van der Waals surface area contributed by atoms with Crippen LogP contribution in [0.2, 0.25) is 0 Å². The lowest BCUT2D eigenvalue weighted by molar-refractivity contribution is -0.138. The summed E-state index contributed by atoms with van der Waals surface area (Å²) in [5.74, 6) is 1.46. The summed E-state index contributed by atoms with van der Waals surface area (Å²) in [5.41, 5.74) is 8.48. The molecule has 0 aliphatic rings. The fraction of sp³-hybridized carbons (Fsp3) is 0.567. The van der Waals surface area contributed by atoms with Gasteiger partial charge in [0.1, 0.15) is 6.10 Å². The van der Waals surface area contributed by atoms with E-state index in [2.05, 4.69) is 13.8 Å². The van der Waals surface area contributed by atoms with Gasteiger partial charge < -0.3 is 29.8 Å². The first-order valence-electron chi connectivity index (χ1n) is 13.5. The zero-order valence-electron chi connectivity index (χ0n) is 23.8. The Balaban J connectivity index is 1.98. The van der Waals surface area contributed by atoms with Crippen molar-refractivity contribution in [3.05, 3.63) is 59.7 Å². The lowest BCUT2D eigenvalue weighted by Crippen LogP contribution is -2.46. The molecule has 2 aromatic carbocycles. The third-order valence-corrected chi connectivity index (χ3v) is 7.20. The predicted octanol–water partition coefficient (Wildman–Crippen LogP) is 4.24. The lowest BCUT2D eigenvalue weighted by atomic mass is 9.83. The van der Waals surface area contributed by atoms with Crippen molar-refractivity contribution in [1.29, 1.82) is 0 Å². The maximum Gasteiger partial charge on any atom is 0.266 e. The Bertz CT molecular complexity index is 977. The van der Waals surface area contributed by atoms with Crippen molar-refractivity contribution in [2.24, 2.45) is 17.6 Å². The molecule has 0 aliphatic carbocycles. The maximum atomic E-state index is 12.9. The number of carbonyl (C=O) groups excluding carboxylic acids is 1. The van der Waals surface area contributed by atoms with Gasteiger partial charge in [0.15, 0.2) is 11.5 Å². The molecule has 8 nitrogen and oxygen atoms in total. The lowest BCUT2D eigenvalue weighted by Gasteiger charge is -2.29. The van der Waals surface area contributed by atoms with Crippen molar-refractivity contribution in [2.45, 2.75) is 57.8 Å². The fourth-order valence-corrected chi connectivity index (χ4v) is 4.64. The molecule has 0 aliphatic heterocycles. The Morgan fingerprint density at radius 2 is 1.72 bits per heavy atom. The van der Waals surface area contributed by atoms with Gasteiger partial charge in [0.2, 0.25) is 0 Å². The second-order valence-corrected chi connectivity index (χ2v) is 10.6. The van der Waals surface area contributed by atoms with E-state index in [1.807, 2.05) is 48.5 Å². The summed E-state index contributed by atoms with van der Waals surface area (Å²) in [4.78, 5) is 12.9. The van der Waals surface area contributed by atoms with Crippen LogP contribution in [-0.2, 0) is 27.1 Å². The highest BCUT2D eigenvalue weighted by atomic mass is 35.5. The van der Waals surface area contributed by atoms with Crippen LogP contribution in [0.4, 0.5) is 0 Å². The van der Waals surface area contributed by atoms with Crippen LogP contribution in [0.25, 0.3) is 0 Å². The smallest absolute Gasteiger partial charge is 0.266 e. The number of halogens is 1. The number of aliphatic hydroxyl groups is 1. The zero-order chi connectivity index (χ0) is 28.8. The third kappa shape index (κ3) is 11.0. The molecule has 1 amide bonds. The SMILES string of the molecule is COCCCOc1cc(C[C@@H](C[C@H](N)[C@@H](O)CN(Cl)C(=O)[C@@H](Cc2ccccc2)OC)C(C)C)ccc1OC. The van der Waals surface area contributed by atoms with Gasteiger partial charge in [-0.05, 0) is 47.9 Å². The number of benzene rings is 2. The van der Waals surface area contributed by atoms with Crippen LogP contribution in [0, 0.1) is 11.8 Å². The first kappa shape index (κ1) is 32.8. The Labute approximate surface area is 238 Å². The molecule has 2 aromatic rings. The predicted molar refractivity (Wildman–Crippen MR) is 154 cm³/mol. The number of nitrogens with zero attached hydrogens (tertiary/aromatic N) is 1. The van der Waals surface area contributed by atoms with Crippen LogP contribution >= 0.6 is 11.8 Å². The molecule has 0 bridgehead atoms. The van der Waals surface area contributed by atoms with Gasteiger partial charge in [0.25, 0.3) is 5.91 Å².